The summed E-state index contributed by atoms with van der Waals surface area (Å²) < 4.78 is 10.4. The minimum Gasteiger partial charge on any atom is -0.466 e. The zero-order valence-corrected chi connectivity index (χ0v) is 14.0. The number of carbonyl (C=O) groups excluding carboxylic acids is 1. The second-order valence-electron chi connectivity index (χ2n) is 5.38. The fourth-order valence-corrected chi connectivity index (χ4v) is 2.99. The monoisotopic (exact) mass is 336 g/mol. The third-order valence-corrected chi connectivity index (χ3v) is 4.31. The van der Waals surface area contributed by atoms with Gasteiger partial charge >= 0.3 is 5.97 Å². The van der Waals surface area contributed by atoms with Gasteiger partial charge in [0, 0.05) is 24.5 Å². The molecule has 5 nitrogen and oxygen atoms in total. The van der Waals surface area contributed by atoms with Crippen LogP contribution in [-0.4, -0.2) is 43.8 Å². The molecule has 1 aliphatic heterocycles. The summed E-state index contributed by atoms with van der Waals surface area (Å²) in [6, 6.07) is 9.69. The van der Waals surface area contributed by atoms with Crippen LogP contribution in [0.15, 0.2) is 24.3 Å². The second-order valence-corrected chi connectivity index (χ2v) is 5.82. The summed E-state index contributed by atoms with van der Waals surface area (Å²) in [5.41, 5.74) is -0.0307. The first-order chi connectivity index (χ1) is 11.1. The van der Waals surface area contributed by atoms with Gasteiger partial charge in [-0.1, -0.05) is 23.7 Å². The summed E-state index contributed by atoms with van der Waals surface area (Å²) in [7, 11) is 0. The summed E-state index contributed by atoms with van der Waals surface area (Å²) in [5.74, 6) is -0.283. The standard InChI is InChI=1S/C17H21ClN2O3/c1-2-23-16(21)7-8-17(13-19,20-9-11-22-12-10-20)14-3-5-15(18)6-4-14/h3-6H,2,7-12H2,1H3. The van der Waals surface area contributed by atoms with E-state index in [1.165, 1.54) is 0 Å². The molecule has 0 aromatic heterocycles. The van der Waals surface area contributed by atoms with Gasteiger partial charge in [0.1, 0.15) is 5.54 Å². The first kappa shape index (κ1) is 17.7. The average Bonchev–Trinajstić information content (AvgIpc) is 2.58. The first-order valence-corrected chi connectivity index (χ1v) is 8.16. The van der Waals surface area contributed by atoms with E-state index in [0.29, 0.717) is 44.4 Å². The van der Waals surface area contributed by atoms with Crippen LogP contribution in [0.1, 0.15) is 25.3 Å². The highest BCUT2D eigenvalue weighted by Gasteiger charge is 2.40. The molecule has 2 rings (SSSR count). The molecule has 23 heavy (non-hydrogen) atoms. The van der Waals surface area contributed by atoms with Crippen molar-refractivity contribution in [1.82, 2.24) is 4.90 Å². The Morgan fingerprint density at radius 3 is 2.61 bits per heavy atom. The highest BCUT2D eigenvalue weighted by molar-refractivity contribution is 6.30. The van der Waals surface area contributed by atoms with E-state index in [0.717, 1.165) is 5.56 Å². The molecular weight excluding hydrogens is 316 g/mol. The van der Waals surface area contributed by atoms with Crippen LogP contribution in [0.3, 0.4) is 0 Å². The van der Waals surface area contributed by atoms with Gasteiger partial charge in [-0.15, -0.1) is 0 Å². The Labute approximate surface area is 141 Å². The number of esters is 1. The van der Waals surface area contributed by atoms with Crippen molar-refractivity contribution in [3.8, 4) is 6.07 Å². The quantitative estimate of drug-likeness (QED) is 0.747. The predicted octanol–water partition coefficient (Wildman–Crippen LogP) is 2.73. The molecule has 1 aromatic rings. The molecular formula is C17H21ClN2O3. The molecule has 0 bridgehead atoms. The lowest BCUT2D eigenvalue weighted by atomic mass is 9.84. The Morgan fingerprint density at radius 1 is 1.39 bits per heavy atom. The maximum atomic E-state index is 11.8. The number of rotatable bonds is 6. The van der Waals surface area contributed by atoms with Crippen molar-refractivity contribution in [3.63, 3.8) is 0 Å². The largest absolute Gasteiger partial charge is 0.466 e. The molecule has 0 saturated carbocycles. The topological polar surface area (TPSA) is 62.6 Å². The molecule has 1 unspecified atom stereocenters. The number of hydrogen-bond donors (Lipinski definition) is 0. The van der Waals surface area contributed by atoms with Gasteiger partial charge in [-0.2, -0.15) is 5.26 Å². The number of nitriles is 1. The summed E-state index contributed by atoms with van der Waals surface area (Å²) in [4.78, 5) is 13.9. The lowest BCUT2D eigenvalue weighted by Crippen LogP contribution is -2.51. The third-order valence-electron chi connectivity index (χ3n) is 4.05. The number of carbonyl (C=O) groups is 1. The van der Waals surface area contributed by atoms with Crippen LogP contribution < -0.4 is 0 Å². The minimum absolute atomic E-state index is 0.196. The van der Waals surface area contributed by atoms with Crippen LogP contribution in [0.2, 0.25) is 5.02 Å². The normalized spacial score (nSPS) is 18.0. The first-order valence-electron chi connectivity index (χ1n) is 7.78. The molecule has 1 fully saturated rings. The molecule has 0 radical (unpaired) electrons. The number of morpholine rings is 1. The molecule has 1 aliphatic rings. The average molecular weight is 337 g/mol. The van der Waals surface area contributed by atoms with Crippen LogP contribution >= 0.6 is 11.6 Å². The zero-order valence-electron chi connectivity index (χ0n) is 13.3. The molecule has 1 saturated heterocycles. The molecule has 0 spiro atoms. The number of ether oxygens (including phenoxy) is 2. The minimum atomic E-state index is -0.874. The maximum Gasteiger partial charge on any atom is 0.305 e. The Bertz CT molecular complexity index is 564. The van der Waals surface area contributed by atoms with Crippen LogP contribution in [0, 0.1) is 11.3 Å². The lowest BCUT2D eigenvalue weighted by Gasteiger charge is -2.41. The fraction of sp³-hybridized carbons (Fsp3) is 0.529. The molecule has 1 atom stereocenters. The maximum absolute atomic E-state index is 11.8. The molecule has 1 heterocycles. The van der Waals surface area contributed by atoms with E-state index in [4.69, 9.17) is 21.1 Å². The number of nitrogens with zero attached hydrogens (tertiary/aromatic N) is 2. The van der Waals surface area contributed by atoms with E-state index in [-0.39, 0.29) is 12.4 Å². The molecule has 0 N–H and O–H groups in total. The van der Waals surface area contributed by atoms with Crippen LogP contribution in [-0.2, 0) is 19.8 Å². The van der Waals surface area contributed by atoms with Crippen molar-refractivity contribution in [1.29, 1.82) is 5.26 Å². The Balaban J connectivity index is 2.29. The van der Waals surface area contributed by atoms with E-state index in [9.17, 15) is 10.1 Å². The van der Waals surface area contributed by atoms with Gasteiger partial charge in [0.2, 0.25) is 0 Å². The number of halogens is 1. The number of hydrogen-bond acceptors (Lipinski definition) is 5. The fourth-order valence-electron chi connectivity index (χ4n) is 2.86. The van der Waals surface area contributed by atoms with Gasteiger partial charge in [0.15, 0.2) is 0 Å². The van der Waals surface area contributed by atoms with Gasteiger partial charge < -0.3 is 9.47 Å². The third kappa shape index (κ3) is 4.23. The van der Waals surface area contributed by atoms with E-state index in [2.05, 4.69) is 11.0 Å². The van der Waals surface area contributed by atoms with E-state index in [1.807, 2.05) is 12.1 Å². The Hall–Kier alpha value is -1.61. The SMILES string of the molecule is CCOC(=O)CCC(C#N)(c1ccc(Cl)cc1)N1CCOCC1. The van der Waals surface area contributed by atoms with Crippen molar-refractivity contribution in [2.45, 2.75) is 25.3 Å². The molecule has 0 amide bonds. The molecule has 0 aliphatic carbocycles. The Morgan fingerprint density at radius 2 is 2.04 bits per heavy atom. The van der Waals surface area contributed by atoms with Crippen molar-refractivity contribution in [2.75, 3.05) is 32.9 Å². The molecule has 124 valence electrons. The summed E-state index contributed by atoms with van der Waals surface area (Å²) in [6.45, 7) is 4.58. The number of benzene rings is 1. The Kier molecular flexibility index (Phi) is 6.40. The summed E-state index contributed by atoms with van der Waals surface area (Å²) in [6.07, 6.45) is 0.575. The van der Waals surface area contributed by atoms with Gasteiger partial charge in [-0.05, 0) is 31.0 Å². The second kappa shape index (κ2) is 8.30. The van der Waals surface area contributed by atoms with Crippen molar-refractivity contribution >= 4 is 17.6 Å². The highest BCUT2D eigenvalue weighted by Crippen LogP contribution is 2.34. The van der Waals surface area contributed by atoms with Gasteiger partial charge in [0.25, 0.3) is 0 Å². The summed E-state index contributed by atoms with van der Waals surface area (Å²) >= 11 is 5.97. The summed E-state index contributed by atoms with van der Waals surface area (Å²) in [5, 5.41) is 10.6. The van der Waals surface area contributed by atoms with Gasteiger partial charge in [-0.25, -0.2) is 0 Å². The van der Waals surface area contributed by atoms with Gasteiger partial charge in [0.05, 0.1) is 25.9 Å². The lowest BCUT2D eigenvalue weighted by molar-refractivity contribution is -0.144. The van der Waals surface area contributed by atoms with Gasteiger partial charge in [-0.3, -0.25) is 9.69 Å². The molecule has 1 aromatic carbocycles. The predicted molar refractivity (Wildman–Crippen MR) is 87.0 cm³/mol. The van der Waals surface area contributed by atoms with Crippen molar-refractivity contribution < 1.29 is 14.3 Å². The highest BCUT2D eigenvalue weighted by atomic mass is 35.5. The zero-order chi connectivity index (χ0) is 16.7. The van der Waals surface area contributed by atoms with Crippen molar-refractivity contribution in [3.05, 3.63) is 34.9 Å². The molecule has 6 heteroatoms. The van der Waals surface area contributed by atoms with E-state index >= 15 is 0 Å². The smallest absolute Gasteiger partial charge is 0.305 e. The van der Waals surface area contributed by atoms with E-state index in [1.54, 1.807) is 19.1 Å². The van der Waals surface area contributed by atoms with Crippen LogP contribution in [0.25, 0.3) is 0 Å². The van der Waals surface area contributed by atoms with Crippen LogP contribution in [0.4, 0.5) is 0 Å². The van der Waals surface area contributed by atoms with E-state index < -0.39 is 5.54 Å². The van der Waals surface area contributed by atoms with Crippen molar-refractivity contribution in [2.24, 2.45) is 0 Å². The van der Waals surface area contributed by atoms with Crippen LogP contribution in [0.5, 0.6) is 0 Å².